The number of hydrogen-bond donors (Lipinski definition) is 1. The molecule has 1 N–H and O–H groups in total. The van der Waals surface area contributed by atoms with Gasteiger partial charge >= 0.3 is 0 Å². The number of nitrogens with zero attached hydrogens (tertiary/aromatic N) is 2. The highest BCUT2D eigenvalue weighted by Crippen LogP contribution is 2.24. The third-order valence-electron chi connectivity index (χ3n) is 4.99. The van der Waals surface area contributed by atoms with E-state index in [-0.39, 0.29) is 0 Å². The molecule has 4 nitrogen and oxygen atoms in total. The number of aromatic nitrogens is 1. The minimum absolute atomic E-state index is 0.560. The summed E-state index contributed by atoms with van der Waals surface area (Å²) >= 11 is 0. The van der Waals surface area contributed by atoms with Gasteiger partial charge in [-0.15, -0.1) is 0 Å². The van der Waals surface area contributed by atoms with Crippen LogP contribution in [0.3, 0.4) is 0 Å². The predicted octanol–water partition coefficient (Wildman–Crippen LogP) is 3.97. The zero-order valence-electron chi connectivity index (χ0n) is 14.5. The van der Waals surface area contributed by atoms with Crippen LogP contribution in [0.25, 0.3) is 11.0 Å². The molecule has 0 radical (unpaired) electrons. The van der Waals surface area contributed by atoms with Gasteiger partial charge in [-0.05, 0) is 56.6 Å². The van der Waals surface area contributed by atoms with Gasteiger partial charge < -0.3 is 9.73 Å². The molecule has 0 bridgehead atoms. The van der Waals surface area contributed by atoms with Crippen LogP contribution in [-0.4, -0.2) is 29.0 Å². The molecule has 0 unspecified atom stereocenters. The lowest BCUT2D eigenvalue weighted by Gasteiger charge is -2.30. The Hall–Kier alpha value is -2.17. The number of rotatable bonds is 5. The molecule has 0 saturated carbocycles. The number of fused-ring (bicyclic) bond motifs is 1. The smallest absolute Gasteiger partial charge is 0.134 e. The van der Waals surface area contributed by atoms with Crippen molar-refractivity contribution in [3.8, 4) is 0 Å². The fourth-order valence-electron chi connectivity index (χ4n) is 3.69. The standard InChI is InChI=1S/C21H25N3O/c1-2-9-21-17(6-1)14-20(25-21)16-24(15-18-7-3-4-12-23-18)19-8-5-11-22-13-10-19/h1-4,6-7,9,12,14,19,22H,5,8,10-11,13,15-16H2/t19-/m0/s1. The Kier molecular flexibility index (Phi) is 5.09. The third-order valence-corrected chi connectivity index (χ3v) is 4.99. The van der Waals surface area contributed by atoms with Gasteiger partial charge in [0.15, 0.2) is 0 Å². The van der Waals surface area contributed by atoms with Crippen molar-refractivity contribution in [2.45, 2.75) is 38.4 Å². The molecule has 0 aliphatic carbocycles. The topological polar surface area (TPSA) is 41.3 Å². The summed E-state index contributed by atoms with van der Waals surface area (Å²) in [5.41, 5.74) is 2.09. The maximum atomic E-state index is 6.08. The second-order valence-electron chi connectivity index (χ2n) is 6.81. The lowest BCUT2D eigenvalue weighted by atomic mass is 10.1. The molecule has 3 heterocycles. The molecule has 1 fully saturated rings. The van der Waals surface area contributed by atoms with Gasteiger partial charge in [-0.2, -0.15) is 0 Å². The summed E-state index contributed by atoms with van der Waals surface area (Å²) < 4.78 is 6.08. The molecule has 130 valence electrons. The van der Waals surface area contributed by atoms with Crippen LogP contribution in [0.2, 0.25) is 0 Å². The SMILES string of the molecule is c1ccc(CN(Cc2cc3ccccc3o2)[C@H]2CCCNCC2)nc1. The van der Waals surface area contributed by atoms with Gasteiger partial charge in [0.1, 0.15) is 11.3 Å². The fraction of sp³-hybridized carbons (Fsp3) is 0.381. The first-order valence-corrected chi connectivity index (χ1v) is 9.20. The highest BCUT2D eigenvalue weighted by atomic mass is 16.3. The van der Waals surface area contributed by atoms with Crippen molar-refractivity contribution in [1.29, 1.82) is 0 Å². The van der Waals surface area contributed by atoms with E-state index in [0.29, 0.717) is 6.04 Å². The zero-order valence-corrected chi connectivity index (χ0v) is 14.5. The molecule has 1 aliphatic rings. The Balaban J connectivity index is 1.57. The van der Waals surface area contributed by atoms with Crippen LogP contribution in [0.4, 0.5) is 0 Å². The summed E-state index contributed by atoms with van der Waals surface area (Å²) in [5, 5.41) is 4.69. The average molecular weight is 335 g/mol. The van der Waals surface area contributed by atoms with Gasteiger partial charge in [0.2, 0.25) is 0 Å². The molecule has 1 saturated heterocycles. The van der Waals surface area contributed by atoms with E-state index in [1.54, 1.807) is 0 Å². The molecule has 2 aromatic heterocycles. The van der Waals surface area contributed by atoms with E-state index in [0.717, 1.165) is 43.2 Å². The number of nitrogens with one attached hydrogen (secondary N) is 1. The van der Waals surface area contributed by atoms with E-state index in [9.17, 15) is 0 Å². The van der Waals surface area contributed by atoms with Crippen LogP contribution in [0.1, 0.15) is 30.7 Å². The lowest BCUT2D eigenvalue weighted by molar-refractivity contribution is 0.151. The highest BCUT2D eigenvalue weighted by Gasteiger charge is 2.22. The van der Waals surface area contributed by atoms with Gasteiger partial charge in [0.05, 0.1) is 12.2 Å². The normalized spacial score (nSPS) is 18.5. The van der Waals surface area contributed by atoms with E-state index >= 15 is 0 Å². The maximum Gasteiger partial charge on any atom is 0.134 e. The number of benzene rings is 1. The van der Waals surface area contributed by atoms with Crippen LogP contribution in [0.15, 0.2) is 59.1 Å². The molecular formula is C21H25N3O. The van der Waals surface area contributed by atoms with E-state index in [1.165, 1.54) is 24.6 Å². The van der Waals surface area contributed by atoms with E-state index in [4.69, 9.17) is 4.42 Å². The van der Waals surface area contributed by atoms with Crippen molar-refractivity contribution in [1.82, 2.24) is 15.2 Å². The second kappa shape index (κ2) is 7.81. The summed E-state index contributed by atoms with van der Waals surface area (Å²) in [5.74, 6) is 1.04. The molecule has 0 spiro atoms. The summed E-state index contributed by atoms with van der Waals surface area (Å²) in [6.07, 6.45) is 5.50. The Morgan fingerprint density at radius 1 is 1.04 bits per heavy atom. The summed E-state index contributed by atoms with van der Waals surface area (Å²) in [6.45, 7) is 3.90. The van der Waals surface area contributed by atoms with Crippen LogP contribution in [0, 0.1) is 0 Å². The lowest BCUT2D eigenvalue weighted by Crippen LogP contribution is -2.35. The first kappa shape index (κ1) is 16.3. The molecule has 4 rings (SSSR count). The van der Waals surface area contributed by atoms with Gasteiger partial charge in [0.25, 0.3) is 0 Å². The van der Waals surface area contributed by atoms with Crippen LogP contribution < -0.4 is 5.32 Å². The van der Waals surface area contributed by atoms with Gasteiger partial charge in [-0.3, -0.25) is 9.88 Å². The summed E-state index contributed by atoms with van der Waals surface area (Å²) in [6, 6.07) is 17.1. The minimum atomic E-state index is 0.560. The first-order chi connectivity index (χ1) is 12.4. The minimum Gasteiger partial charge on any atom is -0.460 e. The molecular weight excluding hydrogens is 310 g/mol. The van der Waals surface area contributed by atoms with Gasteiger partial charge in [0, 0.05) is 24.2 Å². The van der Waals surface area contributed by atoms with Crippen molar-refractivity contribution >= 4 is 11.0 Å². The van der Waals surface area contributed by atoms with E-state index in [2.05, 4.69) is 45.5 Å². The highest BCUT2D eigenvalue weighted by molar-refractivity contribution is 5.77. The van der Waals surface area contributed by atoms with E-state index in [1.807, 2.05) is 24.4 Å². The molecule has 25 heavy (non-hydrogen) atoms. The van der Waals surface area contributed by atoms with Crippen molar-refractivity contribution in [3.63, 3.8) is 0 Å². The number of pyridine rings is 1. The average Bonchev–Trinajstić information content (AvgIpc) is 2.86. The number of hydrogen-bond acceptors (Lipinski definition) is 4. The predicted molar refractivity (Wildman–Crippen MR) is 100 cm³/mol. The van der Waals surface area contributed by atoms with Crippen molar-refractivity contribution in [3.05, 3.63) is 66.2 Å². The van der Waals surface area contributed by atoms with Gasteiger partial charge in [-0.25, -0.2) is 0 Å². The molecule has 3 aromatic rings. The largest absolute Gasteiger partial charge is 0.460 e. The van der Waals surface area contributed by atoms with Crippen LogP contribution in [-0.2, 0) is 13.1 Å². The third kappa shape index (κ3) is 4.09. The van der Waals surface area contributed by atoms with Crippen LogP contribution >= 0.6 is 0 Å². The Labute approximate surface area is 148 Å². The van der Waals surface area contributed by atoms with E-state index < -0.39 is 0 Å². The van der Waals surface area contributed by atoms with Crippen LogP contribution in [0.5, 0.6) is 0 Å². The van der Waals surface area contributed by atoms with Crippen molar-refractivity contribution in [2.75, 3.05) is 13.1 Å². The quantitative estimate of drug-likeness (QED) is 0.766. The summed E-state index contributed by atoms with van der Waals surface area (Å²) in [4.78, 5) is 7.07. The van der Waals surface area contributed by atoms with Gasteiger partial charge in [-0.1, -0.05) is 24.3 Å². The number of furan rings is 1. The second-order valence-corrected chi connectivity index (χ2v) is 6.81. The van der Waals surface area contributed by atoms with Crippen molar-refractivity contribution in [2.24, 2.45) is 0 Å². The molecule has 1 aliphatic heterocycles. The first-order valence-electron chi connectivity index (χ1n) is 9.20. The summed E-state index contributed by atoms with van der Waals surface area (Å²) in [7, 11) is 0. The molecule has 1 aromatic carbocycles. The maximum absolute atomic E-state index is 6.08. The molecule has 1 atom stereocenters. The number of para-hydroxylation sites is 1. The fourth-order valence-corrected chi connectivity index (χ4v) is 3.69. The molecule has 4 heteroatoms. The Bertz CT molecular complexity index is 758. The Morgan fingerprint density at radius 3 is 2.84 bits per heavy atom. The Morgan fingerprint density at radius 2 is 1.96 bits per heavy atom. The molecule has 0 amide bonds. The monoisotopic (exact) mass is 335 g/mol. The van der Waals surface area contributed by atoms with Crippen molar-refractivity contribution < 1.29 is 4.42 Å². The zero-order chi connectivity index (χ0) is 16.9.